The van der Waals surface area contributed by atoms with Crippen LogP contribution in [0.3, 0.4) is 0 Å². The van der Waals surface area contributed by atoms with Crippen molar-refractivity contribution in [2.24, 2.45) is 0 Å². The molecule has 3 aromatic rings. The molecule has 1 aliphatic heterocycles. The average molecular weight is 470 g/mol. The number of hydrogen-bond acceptors (Lipinski definition) is 4. The van der Waals surface area contributed by atoms with E-state index >= 15 is 0 Å². The van der Waals surface area contributed by atoms with Crippen molar-refractivity contribution >= 4 is 52.2 Å². The molecule has 4 rings (SSSR count). The van der Waals surface area contributed by atoms with Gasteiger partial charge >= 0.3 is 0 Å². The number of para-hydroxylation sites is 1. The fraction of sp³-hybridized carbons (Fsp3) is 0.0833. The van der Waals surface area contributed by atoms with Gasteiger partial charge in [0, 0.05) is 15.6 Å². The monoisotopic (exact) mass is 469 g/mol. The molecule has 4 nitrogen and oxygen atoms in total. The Balaban J connectivity index is 1.53. The quantitative estimate of drug-likeness (QED) is 0.372. The molecule has 7 heteroatoms. The lowest BCUT2D eigenvalue weighted by molar-refractivity contribution is -0.123. The maximum atomic E-state index is 12.9. The maximum absolute atomic E-state index is 12.9. The third-order valence-electron chi connectivity index (χ3n) is 4.66. The normalized spacial score (nSPS) is 15.0. The first-order valence-electron chi connectivity index (χ1n) is 9.46. The summed E-state index contributed by atoms with van der Waals surface area (Å²) in [7, 11) is 0. The van der Waals surface area contributed by atoms with Crippen molar-refractivity contribution in [3.05, 3.63) is 104 Å². The summed E-state index contributed by atoms with van der Waals surface area (Å²) in [5, 5.41) is 0.565. The molecular formula is C24H17Cl2NO3S. The van der Waals surface area contributed by atoms with Crippen LogP contribution in [0.15, 0.2) is 77.7 Å². The van der Waals surface area contributed by atoms with Crippen LogP contribution in [0.2, 0.25) is 10.0 Å². The lowest BCUT2D eigenvalue weighted by Gasteiger charge is -2.13. The van der Waals surface area contributed by atoms with E-state index in [1.807, 2.05) is 54.6 Å². The highest BCUT2D eigenvalue weighted by Gasteiger charge is 2.35. The highest BCUT2D eigenvalue weighted by molar-refractivity contribution is 8.18. The van der Waals surface area contributed by atoms with Gasteiger partial charge in [-0.1, -0.05) is 77.8 Å². The molecule has 156 valence electrons. The zero-order valence-corrected chi connectivity index (χ0v) is 18.6. The zero-order valence-electron chi connectivity index (χ0n) is 16.3. The molecule has 0 unspecified atom stereocenters. The van der Waals surface area contributed by atoms with Gasteiger partial charge in [0.15, 0.2) is 0 Å². The molecule has 0 bridgehead atoms. The van der Waals surface area contributed by atoms with E-state index in [0.29, 0.717) is 32.9 Å². The van der Waals surface area contributed by atoms with Crippen LogP contribution >= 0.6 is 35.0 Å². The van der Waals surface area contributed by atoms with Gasteiger partial charge in [-0.3, -0.25) is 14.5 Å². The summed E-state index contributed by atoms with van der Waals surface area (Å²) in [4.78, 5) is 26.9. The lowest BCUT2D eigenvalue weighted by Crippen LogP contribution is -2.27. The van der Waals surface area contributed by atoms with Crippen molar-refractivity contribution in [3.8, 4) is 5.75 Å². The molecule has 1 heterocycles. The van der Waals surface area contributed by atoms with Crippen LogP contribution in [-0.2, 0) is 17.9 Å². The van der Waals surface area contributed by atoms with Gasteiger partial charge < -0.3 is 4.74 Å². The summed E-state index contributed by atoms with van der Waals surface area (Å²) in [6.07, 6.45) is 1.69. The highest BCUT2D eigenvalue weighted by atomic mass is 35.5. The van der Waals surface area contributed by atoms with E-state index < -0.39 is 0 Å². The van der Waals surface area contributed by atoms with E-state index in [-0.39, 0.29) is 17.7 Å². The molecule has 1 aliphatic rings. The Morgan fingerprint density at radius 1 is 0.935 bits per heavy atom. The molecule has 0 radical (unpaired) electrons. The minimum Gasteiger partial charge on any atom is -0.488 e. The van der Waals surface area contributed by atoms with Crippen molar-refractivity contribution in [1.29, 1.82) is 0 Å². The van der Waals surface area contributed by atoms with Gasteiger partial charge in [0.2, 0.25) is 0 Å². The number of carbonyl (C=O) groups is 2. The van der Waals surface area contributed by atoms with Crippen molar-refractivity contribution in [3.63, 3.8) is 0 Å². The van der Waals surface area contributed by atoms with Crippen LogP contribution in [0.5, 0.6) is 5.75 Å². The van der Waals surface area contributed by atoms with Gasteiger partial charge in [0.05, 0.1) is 11.4 Å². The number of imide groups is 1. The van der Waals surface area contributed by atoms with Crippen LogP contribution in [0.1, 0.15) is 16.7 Å². The first-order valence-corrected chi connectivity index (χ1v) is 11.0. The van der Waals surface area contributed by atoms with Gasteiger partial charge in [-0.2, -0.15) is 0 Å². The Bertz CT molecular complexity index is 1160. The standard InChI is InChI=1S/C24H17Cl2NO3S/c25-19-11-10-18(20(26)13-19)14-27-23(28)22(31-24(27)29)12-17-8-4-5-9-21(17)30-15-16-6-2-1-3-7-16/h1-13H,14-15H2/b22-12-. The second-order valence-electron chi connectivity index (χ2n) is 6.82. The molecule has 0 aromatic heterocycles. The summed E-state index contributed by atoms with van der Waals surface area (Å²) in [5.41, 5.74) is 2.42. The molecule has 0 aliphatic carbocycles. The molecule has 0 N–H and O–H groups in total. The van der Waals surface area contributed by atoms with Gasteiger partial charge in [-0.25, -0.2) is 0 Å². The average Bonchev–Trinajstić information content (AvgIpc) is 3.03. The summed E-state index contributed by atoms with van der Waals surface area (Å²) in [6.45, 7) is 0.492. The summed E-state index contributed by atoms with van der Waals surface area (Å²) >= 11 is 13.0. The van der Waals surface area contributed by atoms with Gasteiger partial charge in [-0.05, 0) is 47.2 Å². The minimum atomic E-state index is -0.362. The number of hydrogen-bond donors (Lipinski definition) is 0. The van der Waals surface area contributed by atoms with E-state index in [2.05, 4.69) is 0 Å². The fourth-order valence-corrected chi connectivity index (χ4v) is 4.36. The molecule has 1 saturated heterocycles. The van der Waals surface area contributed by atoms with Crippen molar-refractivity contribution in [2.45, 2.75) is 13.2 Å². The first-order chi connectivity index (χ1) is 15.0. The molecule has 31 heavy (non-hydrogen) atoms. The number of amides is 2. The van der Waals surface area contributed by atoms with Crippen LogP contribution in [-0.4, -0.2) is 16.0 Å². The number of halogens is 2. The molecular weight excluding hydrogens is 453 g/mol. The number of benzene rings is 3. The van der Waals surface area contributed by atoms with E-state index in [1.165, 1.54) is 4.90 Å². The second kappa shape index (κ2) is 9.60. The molecule has 1 fully saturated rings. The maximum Gasteiger partial charge on any atom is 0.293 e. The fourth-order valence-electron chi connectivity index (χ4n) is 3.06. The van der Waals surface area contributed by atoms with E-state index in [1.54, 1.807) is 24.3 Å². The number of thioether (sulfide) groups is 1. The number of rotatable bonds is 6. The van der Waals surface area contributed by atoms with Crippen molar-refractivity contribution in [2.75, 3.05) is 0 Å². The number of nitrogens with zero attached hydrogens (tertiary/aromatic N) is 1. The highest BCUT2D eigenvalue weighted by Crippen LogP contribution is 2.36. The number of ether oxygens (including phenoxy) is 1. The van der Waals surface area contributed by atoms with Crippen LogP contribution in [0.4, 0.5) is 4.79 Å². The Hall–Kier alpha value is -2.73. The van der Waals surface area contributed by atoms with E-state index in [9.17, 15) is 9.59 Å². The third kappa shape index (κ3) is 5.13. The molecule has 2 amide bonds. The van der Waals surface area contributed by atoms with Crippen LogP contribution in [0.25, 0.3) is 6.08 Å². The topological polar surface area (TPSA) is 46.6 Å². The van der Waals surface area contributed by atoms with Crippen LogP contribution < -0.4 is 4.74 Å². The largest absolute Gasteiger partial charge is 0.488 e. The Morgan fingerprint density at radius 3 is 2.45 bits per heavy atom. The predicted octanol–water partition coefficient (Wildman–Crippen LogP) is 6.81. The zero-order chi connectivity index (χ0) is 21.8. The van der Waals surface area contributed by atoms with E-state index in [0.717, 1.165) is 22.9 Å². The molecule has 0 spiro atoms. The van der Waals surface area contributed by atoms with Gasteiger partial charge in [0.1, 0.15) is 12.4 Å². The number of carbonyl (C=O) groups excluding carboxylic acids is 2. The van der Waals surface area contributed by atoms with E-state index in [4.69, 9.17) is 27.9 Å². The second-order valence-corrected chi connectivity index (χ2v) is 8.65. The van der Waals surface area contributed by atoms with Crippen molar-refractivity contribution in [1.82, 2.24) is 4.90 Å². The Labute approximate surface area is 194 Å². The Kier molecular flexibility index (Phi) is 6.66. The molecule has 0 atom stereocenters. The summed E-state index contributed by atoms with van der Waals surface area (Å²) in [5.74, 6) is 0.276. The lowest BCUT2D eigenvalue weighted by atomic mass is 10.1. The third-order valence-corrected chi connectivity index (χ3v) is 6.15. The predicted molar refractivity (Wildman–Crippen MR) is 125 cm³/mol. The van der Waals surface area contributed by atoms with Crippen molar-refractivity contribution < 1.29 is 14.3 Å². The Morgan fingerprint density at radius 2 is 1.68 bits per heavy atom. The van der Waals surface area contributed by atoms with Gasteiger partial charge in [-0.15, -0.1) is 0 Å². The summed E-state index contributed by atoms with van der Waals surface area (Å²) < 4.78 is 5.95. The SMILES string of the molecule is O=C1S/C(=C\c2ccccc2OCc2ccccc2)C(=O)N1Cc1ccc(Cl)cc1Cl. The smallest absolute Gasteiger partial charge is 0.293 e. The summed E-state index contributed by atoms with van der Waals surface area (Å²) in [6, 6.07) is 22.2. The molecule has 0 saturated carbocycles. The molecule has 3 aromatic carbocycles. The van der Waals surface area contributed by atoms with Gasteiger partial charge in [0.25, 0.3) is 11.1 Å². The van der Waals surface area contributed by atoms with Crippen LogP contribution in [0, 0.1) is 0 Å². The first kappa shape index (κ1) is 21.5. The minimum absolute atomic E-state index is 0.0875.